The van der Waals surface area contributed by atoms with Gasteiger partial charge in [0.15, 0.2) is 9.84 Å². The number of nitrogens with two attached hydrogens (primary N) is 1. The van der Waals surface area contributed by atoms with Gasteiger partial charge in [0.1, 0.15) is 20.8 Å². The van der Waals surface area contributed by atoms with Crippen molar-refractivity contribution in [1.29, 1.82) is 5.26 Å². The lowest BCUT2D eigenvalue weighted by atomic mass is 10.4. The maximum atomic E-state index is 11.6. The van der Waals surface area contributed by atoms with Gasteiger partial charge in [-0.15, -0.1) is 11.3 Å². The number of nitrogens with one attached hydrogen (secondary N) is 1. The van der Waals surface area contributed by atoms with Gasteiger partial charge >= 0.3 is 0 Å². The first-order valence-corrected chi connectivity index (χ1v) is 7.43. The second-order valence-electron chi connectivity index (χ2n) is 3.81. The monoisotopic (exact) mass is 257 g/mol. The fourth-order valence-electron chi connectivity index (χ4n) is 1.39. The van der Waals surface area contributed by atoms with Crippen molar-refractivity contribution in [2.24, 2.45) is 0 Å². The zero-order chi connectivity index (χ0) is 11.9. The van der Waals surface area contributed by atoms with Gasteiger partial charge in [0.05, 0.1) is 5.69 Å². The van der Waals surface area contributed by atoms with Gasteiger partial charge in [-0.2, -0.15) is 5.26 Å². The molecule has 1 aromatic heterocycles. The van der Waals surface area contributed by atoms with Crippen LogP contribution in [-0.2, 0) is 9.84 Å². The predicted octanol–water partition coefficient (Wildman–Crippen LogP) is 1.18. The average Bonchev–Trinajstić information content (AvgIpc) is 2.88. The molecule has 0 aromatic carbocycles. The SMILES string of the molecule is CS(=O)(=O)c1c(NC2CC2)sc(C#N)c1N. The second-order valence-corrected chi connectivity index (χ2v) is 6.78. The first-order chi connectivity index (χ1) is 7.43. The van der Waals surface area contributed by atoms with Crippen LogP contribution < -0.4 is 11.1 Å². The normalized spacial score (nSPS) is 15.8. The predicted molar refractivity (Wildman–Crippen MR) is 63.2 cm³/mol. The van der Waals surface area contributed by atoms with Crippen LogP contribution in [0.2, 0.25) is 0 Å². The molecule has 3 N–H and O–H groups in total. The lowest BCUT2D eigenvalue weighted by Crippen LogP contribution is -2.06. The first-order valence-electron chi connectivity index (χ1n) is 4.72. The molecule has 2 rings (SSSR count). The molecule has 1 aliphatic rings. The summed E-state index contributed by atoms with van der Waals surface area (Å²) in [5, 5.41) is 12.4. The first kappa shape index (κ1) is 11.2. The smallest absolute Gasteiger partial charge is 0.180 e. The van der Waals surface area contributed by atoms with Crippen molar-refractivity contribution >= 4 is 31.9 Å². The van der Waals surface area contributed by atoms with Gasteiger partial charge in [-0.3, -0.25) is 0 Å². The zero-order valence-corrected chi connectivity index (χ0v) is 10.3. The van der Waals surface area contributed by atoms with Crippen molar-refractivity contribution in [1.82, 2.24) is 0 Å². The molecule has 16 heavy (non-hydrogen) atoms. The van der Waals surface area contributed by atoms with E-state index in [1.54, 1.807) is 0 Å². The summed E-state index contributed by atoms with van der Waals surface area (Å²) in [7, 11) is -3.40. The van der Waals surface area contributed by atoms with Gasteiger partial charge in [0, 0.05) is 12.3 Å². The molecule has 86 valence electrons. The molecule has 1 fully saturated rings. The minimum atomic E-state index is -3.40. The molecule has 0 bridgehead atoms. The van der Waals surface area contributed by atoms with Crippen molar-refractivity contribution < 1.29 is 8.42 Å². The Morgan fingerprint density at radius 1 is 1.56 bits per heavy atom. The molecule has 0 spiro atoms. The van der Waals surface area contributed by atoms with E-state index in [9.17, 15) is 8.42 Å². The molecule has 0 amide bonds. The molecule has 1 aromatic rings. The molecule has 0 saturated heterocycles. The third kappa shape index (κ3) is 1.99. The summed E-state index contributed by atoms with van der Waals surface area (Å²) < 4.78 is 23.2. The van der Waals surface area contributed by atoms with E-state index in [1.807, 2.05) is 6.07 Å². The summed E-state index contributed by atoms with van der Waals surface area (Å²) in [4.78, 5) is 0.324. The second kappa shape index (κ2) is 3.64. The largest absolute Gasteiger partial charge is 0.396 e. The lowest BCUT2D eigenvalue weighted by Gasteiger charge is -2.04. The van der Waals surface area contributed by atoms with Crippen molar-refractivity contribution in [2.75, 3.05) is 17.3 Å². The number of nitrogens with zero attached hydrogens (tertiary/aromatic N) is 1. The highest BCUT2D eigenvalue weighted by molar-refractivity contribution is 7.91. The molecule has 1 saturated carbocycles. The molecule has 1 heterocycles. The van der Waals surface area contributed by atoms with E-state index in [0.29, 0.717) is 11.0 Å². The molecule has 1 aliphatic carbocycles. The Morgan fingerprint density at radius 3 is 2.62 bits per heavy atom. The molecular weight excluding hydrogens is 246 g/mol. The summed E-state index contributed by atoms with van der Waals surface area (Å²) >= 11 is 1.10. The number of sulfone groups is 1. The van der Waals surface area contributed by atoms with Gasteiger partial charge < -0.3 is 11.1 Å². The molecule has 0 aliphatic heterocycles. The molecular formula is C9H11N3O2S2. The van der Waals surface area contributed by atoms with Gasteiger partial charge in [0.25, 0.3) is 0 Å². The molecule has 0 unspecified atom stereocenters. The highest BCUT2D eigenvalue weighted by atomic mass is 32.2. The third-order valence-corrected chi connectivity index (χ3v) is 4.62. The molecule has 0 radical (unpaired) electrons. The third-order valence-electron chi connectivity index (χ3n) is 2.28. The van der Waals surface area contributed by atoms with E-state index < -0.39 is 9.84 Å². The highest BCUT2D eigenvalue weighted by Gasteiger charge is 2.28. The van der Waals surface area contributed by atoms with Crippen molar-refractivity contribution in [3.63, 3.8) is 0 Å². The molecule has 0 atom stereocenters. The van der Waals surface area contributed by atoms with Crippen LogP contribution in [0.3, 0.4) is 0 Å². The highest BCUT2D eigenvalue weighted by Crippen LogP contribution is 2.40. The summed E-state index contributed by atoms with van der Waals surface area (Å²) in [5.41, 5.74) is 5.73. The van der Waals surface area contributed by atoms with Crippen molar-refractivity contribution in [3.8, 4) is 6.07 Å². The minimum Gasteiger partial charge on any atom is -0.396 e. The maximum Gasteiger partial charge on any atom is 0.180 e. The summed E-state index contributed by atoms with van der Waals surface area (Å²) in [6, 6.07) is 2.24. The minimum absolute atomic E-state index is 0.0677. The summed E-state index contributed by atoms with van der Waals surface area (Å²) in [6.45, 7) is 0. The van der Waals surface area contributed by atoms with Crippen molar-refractivity contribution in [3.05, 3.63) is 4.88 Å². The number of hydrogen-bond donors (Lipinski definition) is 2. The van der Waals surface area contributed by atoms with Crippen LogP contribution in [-0.4, -0.2) is 20.7 Å². The molecule has 5 nitrogen and oxygen atoms in total. The van der Waals surface area contributed by atoms with Gasteiger partial charge in [-0.1, -0.05) is 0 Å². The summed E-state index contributed by atoms with van der Waals surface area (Å²) in [6.07, 6.45) is 3.16. The van der Waals surface area contributed by atoms with E-state index in [0.717, 1.165) is 30.4 Å². The Labute approximate surface area is 97.8 Å². The Hall–Kier alpha value is -1.26. The fourth-order valence-corrected chi connectivity index (χ4v) is 3.82. The van der Waals surface area contributed by atoms with Crippen LogP contribution in [0.25, 0.3) is 0 Å². The zero-order valence-electron chi connectivity index (χ0n) is 8.65. The van der Waals surface area contributed by atoms with E-state index in [2.05, 4.69) is 5.32 Å². The van der Waals surface area contributed by atoms with E-state index in [4.69, 9.17) is 11.0 Å². The van der Waals surface area contributed by atoms with Crippen LogP contribution >= 0.6 is 11.3 Å². The number of thiophene rings is 1. The maximum absolute atomic E-state index is 11.6. The standard InChI is InChI=1S/C9H11N3O2S2/c1-16(13,14)8-7(11)6(4-10)15-9(8)12-5-2-3-5/h5,12H,2-3,11H2,1H3. The van der Waals surface area contributed by atoms with Gasteiger partial charge in [-0.25, -0.2) is 8.42 Å². The Balaban J connectivity index is 2.54. The quantitative estimate of drug-likeness (QED) is 0.847. The van der Waals surface area contributed by atoms with E-state index in [-0.39, 0.29) is 15.5 Å². The van der Waals surface area contributed by atoms with Crippen molar-refractivity contribution in [2.45, 2.75) is 23.8 Å². The number of anilines is 2. The Bertz CT molecular complexity index is 564. The number of nitriles is 1. The van der Waals surface area contributed by atoms with Crippen LogP contribution in [0.15, 0.2) is 4.90 Å². The molecule has 7 heteroatoms. The van der Waals surface area contributed by atoms with Gasteiger partial charge in [0.2, 0.25) is 0 Å². The van der Waals surface area contributed by atoms with E-state index >= 15 is 0 Å². The lowest BCUT2D eigenvalue weighted by molar-refractivity contribution is 0.603. The van der Waals surface area contributed by atoms with Crippen LogP contribution in [0.4, 0.5) is 10.7 Å². The van der Waals surface area contributed by atoms with Gasteiger partial charge in [-0.05, 0) is 12.8 Å². The average molecular weight is 257 g/mol. The van der Waals surface area contributed by atoms with Crippen LogP contribution in [0.5, 0.6) is 0 Å². The summed E-state index contributed by atoms with van der Waals surface area (Å²) in [5.74, 6) is 0. The van der Waals surface area contributed by atoms with Crippen LogP contribution in [0, 0.1) is 11.3 Å². The van der Waals surface area contributed by atoms with E-state index in [1.165, 1.54) is 0 Å². The fraction of sp³-hybridized carbons (Fsp3) is 0.444. The Morgan fingerprint density at radius 2 is 2.19 bits per heavy atom. The Kier molecular flexibility index (Phi) is 2.56. The number of rotatable bonds is 3. The number of hydrogen-bond acceptors (Lipinski definition) is 6. The van der Waals surface area contributed by atoms with Crippen LogP contribution in [0.1, 0.15) is 17.7 Å². The number of nitrogen functional groups attached to an aromatic ring is 1. The topological polar surface area (TPSA) is 96.0 Å².